The number of rotatable bonds is 8. The van der Waals surface area contributed by atoms with E-state index in [2.05, 4.69) is 84.8 Å². The van der Waals surface area contributed by atoms with E-state index in [4.69, 9.17) is 4.99 Å². The maximum Gasteiger partial charge on any atom is 0.191 e. The Hall–Kier alpha value is -2.37. The van der Waals surface area contributed by atoms with E-state index in [9.17, 15) is 5.11 Å². The van der Waals surface area contributed by atoms with Gasteiger partial charge in [0.05, 0.1) is 12.6 Å². The van der Waals surface area contributed by atoms with Crippen LogP contribution in [0.5, 0.6) is 0 Å². The van der Waals surface area contributed by atoms with Crippen molar-refractivity contribution in [2.45, 2.75) is 58.7 Å². The molecule has 0 aromatic heterocycles. The van der Waals surface area contributed by atoms with Crippen LogP contribution in [0.4, 0.5) is 0 Å². The molecule has 0 aliphatic carbocycles. The van der Waals surface area contributed by atoms with Crippen LogP contribution in [0, 0.1) is 6.92 Å². The van der Waals surface area contributed by atoms with Gasteiger partial charge in [0.25, 0.3) is 0 Å². The minimum atomic E-state index is -0.115. The second-order valence-corrected chi connectivity index (χ2v) is 8.72. The van der Waals surface area contributed by atoms with Crippen LogP contribution < -0.4 is 10.6 Å². The van der Waals surface area contributed by atoms with E-state index < -0.39 is 0 Å². The molecule has 1 aliphatic rings. The molecule has 1 saturated heterocycles. The van der Waals surface area contributed by atoms with E-state index in [1.165, 1.54) is 22.3 Å². The predicted octanol–water partition coefficient (Wildman–Crippen LogP) is 3.81. The number of likely N-dealkylation sites (tertiary alicyclic amines) is 1. The van der Waals surface area contributed by atoms with Gasteiger partial charge in [-0.15, -0.1) is 0 Å². The number of hydrogen-bond acceptors (Lipinski definition) is 3. The van der Waals surface area contributed by atoms with Crippen LogP contribution in [-0.4, -0.2) is 48.2 Å². The van der Waals surface area contributed by atoms with Gasteiger partial charge in [-0.3, -0.25) is 4.90 Å². The third kappa shape index (κ3) is 7.67. The molecule has 1 heterocycles. The molecule has 31 heavy (non-hydrogen) atoms. The number of benzene rings is 2. The molecule has 0 bridgehead atoms. The number of aliphatic hydroxyl groups is 1. The topological polar surface area (TPSA) is 59.9 Å². The highest BCUT2D eigenvalue weighted by atomic mass is 16.3. The summed E-state index contributed by atoms with van der Waals surface area (Å²) in [7, 11) is 0. The lowest BCUT2D eigenvalue weighted by molar-refractivity contribution is 0.0792. The van der Waals surface area contributed by atoms with Crippen LogP contribution in [-0.2, 0) is 13.1 Å². The van der Waals surface area contributed by atoms with Crippen LogP contribution in [0.2, 0.25) is 0 Å². The first-order chi connectivity index (χ1) is 15.0. The lowest BCUT2D eigenvalue weighted by atomic mass is 9.99. The molecule has 0 saturated carbocycles. The van der Waals surface area contributed by atoms with Crippen molar-refractivity contribution in [3.05, 3.63) is 70.8 Å². The van der Waals surface area contributed by atoms with Gasteiger partial charge in [0, 0.05) is 32.7 Å². The van der Waals surface area contributed by atoms with Gasteiger partial charge in [-0.2, -0.15) is 0 Å². The summed E-state index contributed by atoms with van der Waals surface area (Å²) < 4.78 is 0. The average molecular weight is 423 g/mol. The number of nitrogens with one attached hydrogen (secondary N) is 2. The molecule has 2 aromatic rings. The summed E-state index contributed by atoms with van der Waals surface area (Å²) in [6.07, 6.45) is 1.65. The molecule has 1 unspecified atom stereocenters. The molecule has 3 rings (SSSR count). The molecule has 5 nitrogen and oxygen atoms in total. The molecule has 0 spiro atoms. The summed E-state index contributed by atoms with van der Waals surface area (Å²) in [4.78, 5) is 7.20. The maximum absolute atomic E-state index is 9.66. The number of nitrogens with zero attached hydrogens (tertiary/aromatic N) is 2. The first-order valence-corrected chi connectivity index (χ1v) is 11.6. The molecular weight excluding hydrogens is 384 g/mol. The van der Waals surface area contributed by atoms with Crippen molar-refractivity contribution in [2.24, 2.45) is 4.99 Å². The van der Waals surface area contributed by atoms with Crippen molar-refractivity contribution in [1.82, 2.24) is 15.5 Å². The van der Waals surface area contributed by atoms with Crippen LogP contribution in [0.1, 0.15) is 54.9 Å². The van der Waals surface area contributed by atoms with E-state index in [0.29, 0.717) is 12.5 Å². The van der Waals surface area contributed by atoms with Gasteiger partial charge in [-0.25, -0.2) is 4.99 Å². The Morgan fingerprint density at radius 2 is 1.81 bits per heavy atom. The second-order valence-electron chi connectivity index (χ2n) is 8.72. The summed E-state index contributed by atoms with van der Waals surface area (Å²) >= 11 is 0. The van der Waals surface area contributed by atoms with E-state index in [1.54, 1.807) is 0 Å². The van der Waals surface area contributed by atoms with Crippen molar-refractivity contribution in [1.29, 1.82) is 0 Å². The molecule has 5 heteroatoms. The summed E-state index contributed by atoms with van der Waals surface area (Å²) in [5.41, 5.74) is 5.18. The highest BCUT2D eigenvalue weighted by Crippen LogP contribution is 2.16. The van der Waals surface area contributed by atoms with Crippen LogP contribution >= 0.6 is 0 Å². The fourth-order valence-electron chi connectivity index (χ4n) is 3.94. The van der Waals surface area contributed by atoms with Gasteiger partial charge in [0.15, 0.2) is 5.96 Å². The van der Waals surface area contributed by atoms with Crippen molar-refractivity contribution in [2.75, 3.05) is 26.2 Å². The van der Waals surface area contributed by atoms with E-state index in [1.807, 2.05) is 0 Å². The Bertz CT molecular complexity index is 826. The molecule has 0 radical (unpaired) electrons. The quantitative estimate of drug-likeness (QED) is 0.447. The summed E-state index contributed by atoms with van der Waals surface area (Å²) in [6.45, 7) is 11.7. The van der Waals surface area contributed by atoms with Crippen molar-refractivity contribution < 1.29 is 5.11 Å². The van der Waals surface area contributed by atoms with Gasteiger partial charge >= 0.3 is 0 Å². The Morgan fingerprint density at radius 1 is 1.10 bits per heavy atom. The third-order valence-corrected chi connectivity index (χ3v) is 5.94. The maximum atomic E-state index is 9.66. The minimum absolute atomic E-state index is 0.115. The Labute approximate surface area is 187 Å². The first-order valence-electron chi connectivity index (χ1n) is 11.6. The largest absolute Gasteiger partial charge is 0.393 e. The monoisotopic (exact) mass is 422 g/mol. The Kier molecular flexibility index (Phi) is 8.92. The fourth-order valence-corrected chi connectivity index (χ4v) is 3.94. The summed E-state index contributed by atoms with van der Waals surface area (Å²) in [6, 6.07) is 17.5. The van der Waals surface area contributed by atoms with Gasteiger partial charge in [-0.1, -0.05) is 61.0 Å². The van der Waals surface area contributed by atoms with Gasteiger partial charge < -0.3 is 15.7 Å². The zero-order valence-electron chi connectivity index (χ0n) is 19.3. The zero-order valence-corrected chi connectivity index (χ0v) is 19.3. The number of aliphatic imine (C=N–C) groups is 1. The molecule has 1 aliphatic heterocycles. The lowest BCUT2D eigenvalue weighted by Crippen LogP contribution is -2.39. The van der Waals surface area contributed by atoms with E-state index in [0.717, 1.165) is 51.5 Å². The zero-order chi connectivity index (χ0) is 22.1. The van der Waals surface area contributed by atoms with E-state index >= 15 is 0 Å². The smallest absolute Gasteiger partial charge is 0.191 e. The van der Waals surface area contributed by atoms with E-state index in [-0.39, 0.29) is 6.10 Å². The van der Waals surface area contributed by atoms with Gasteiger partial charge in [-0.05, 0) is 49.3 Å². The summed E-state index contributed by atoms with van der Waals surface area (Å²) in [5.74, 6) is 1.27. The summed E-state index contributed by atoms with van der Waals surface area (Å²) in [5, 5.41) is 16.5. The molecule has 168 valence electrons. The van der Waals surface area contributed by atoms with Crippen molar-refractivity contribution in [3.8, 4) is 0 Å². The lowest BCUT2D eigenvalue weighted by Gasteiger charge is -2.29. The number of aliphatic hydroxyl groups excluding tert-OH is 1. The number of guanidine groups is 1. The Balaban J connectivity index is 1.51. The molecular formula is C26H38N4O. The first kappa shape index (κ1) is 23.3. The van der Waals surface area contributed by atoms with Crippen LogP contribution in [0.3, 0.4) is 0 Å². The van der Waals surface area contributed by atoms with Crippen molar-refractivity contribution in [3.63, 3.8) is 0 Å². The molecule has 3 N–H and O–H groups in total. The number of hydrogen-bond donors (Lipinski definition) is 3. The predicted molar refractivity (Wildman–Crippen MR) is 129 cm³/mol. The third-order valence-electron chi connectivity index (χ3n) is 5.94. The normalized spacial score (nSPS) is 16.8. The number of aryl methyl sites for hydroxylation is 1. The van der Waals surface area contributed by atoms with Crippen LogP contribution in [0.15, 0.2) is 53.5 Å². The van der Waals surface area contributed by atoms with Gasteiger partial charge in [0.2, 0.25) is 0 Å². The molecule has 1 atom stereocenters. The van der Waals surface area contributed by atoms with Crippen molar-refractivity contribution >= 4 is 5.96 Å². The van der Waals surface area contributed by atoms with Gasteiger partial charge in [0.1, 0.15) is 0 Å². The highest BCUT2D eigenvalue weighted by Gasteiger charge is 2.16. The molecule has 1 fully saturated rings. The van der Waals surface area contributed by atoms with Crippen LogP contribution in [0.25, 0.3) is 0 Å². The number of piperidine rings is 1. The average Bonchev–Trinajstić information content (AvgIpc) is 2.78. The minimum Gasteiger partial charge on any atom is -0.393 e. The fraction of sp³-hybridized carbons (Fsp3) is 0.500. The highest BCUT2D eigenvalue weighted by molar-refractivity contribution is 5.79. The SMILES string of the molecule is CCNC(=NCc1ccc(CN2CCC(O)CC2)cc1)NCC(C)c1cccc(C)c1. The standard InChI is InChI=1S/C26H38N4O/c1-4-27-26(28-17-21(3)24-7-5-6-20(2)16-24)29-18-22-8-10-23(11-9-22)19-30-14-12-25(31)13-15-30/h5-11,16,21,25,31H,4,12-15,17-19H2,1-3H3,(H2,27,28,29). The second kappa shape index (κ2) is 11.9. The Morgan fingerprint density at radius 3 is 2.48 bits per heavy atom. The molecule has 0 amide bonds. The molecule has 2 aromatic carbocycles.